The van der Waals surface area contributed by atoms with E-state index >= 15 is 0 Å². The summed E-state index contributed by atoms with van der Waals surface area (Å²) in [4.78, 5) is 14.0. The third-order valence-electron chi connectivity index (χ3n) is 2.97. The molecule has 1 aromatic rings. The molecule has 1 aliphatic rings. The third-order valence-corrected chi connectivity index (χ3v) is 2.97. The molecular formula is C14H15NO2. The standard InChI is InChI=1S/C14H15NO2/c1-3-9-15(4-2)14(16)12-10-17-13-8-6-5-7-11(12)13/h1,5-8,12H,4,9-10H2,2H3. The summed E-state index contributed by atoms with van der Waals surface area (Å²) in [5.41, 5.74) is 0.966. The van der Waals surface area contributed by atoms with Crippen LogP contribution in [-0.2, 0) is 4.79 Å². The molecule has 17 heavy (non-hydrogen) atoms. The zero-order valence-corrected chi connectivity index (χ0v) is 9.85. The van der Waals surface area contributed by atoms with Gasteiger partial charge < -0.3 is 9.64 Å². The summed E-state index contributed by atoms with van der Waals surface area (Å²) in [5.74, 6) is 3.16. The Kier molecular flexibility index (Phi) is 3.34. The number of para-hydroxylation sites is 1. The van der Waals surface area contributed by atoms with Crippen LogP contribution in [0.4, 0.5) is 0 Å². The maximum absolute atomic E-state index is 12.3. The Balaban J connectivity index is 2.20. The number of fused-ring (bicyclic) bond motifs is 1. The molecule has 1 aliphatic heterocycles. The Morgan fingerprint density at radius 3 is 3.06 bits per heavy atom. The van der Waals surface area contributed by atoms with E-state index in [1.807, 2.05) is 31.2 Å². The molecule has 0 N–H and O–H groups in total. The van der Waals surface area contributed by atoms with Crippen molar-refractivity contribution in [3.8, 4) is 18.1 Å². The molecule has 0 fully saturated rings. The van der Waals surface area contributed by atoms with Crippen LogP contribution in [0.1, 0.15) is 18.4 Å². The Morgan fingerprint density at radius 2 is 2.35 bits per heavy atom. The minimum Gasteiger partial charge on any atom is -0.492 e. The number of hydrogen-bond donors (Lipinski definition) is 0. The minimum absolute atomic E-state index is 0.0513. The number of benzene rings is 1. The largest absolute Gasteiger partial charge is 0.492 e. The first kappa shape index (κ1) is 11.5. The van der Waals surface area contributed by atoms with Gasteiger partial charge in [-0.3, -0.25) is 4.79 Å². The van der Waals surface area contributed by atoms with E-state index in [0.717, 1.165) is 11.3 Å². The Morgan fingerprint density at radius 1 is 1.59 bits per heavy atom. The highest BCUT2D eigenvalue weighted by Crippen LogP contribution is 2.34. The van der Waals surface area contributed by atoms with E-state index in [1.165, 1.54) is 0 Å². The smallest absolute Gasteiger partial charge is 0.234 e. The van der Waals surface area contributed by atoms with E-state index in [-0.39, 0.29) is 11.8 Å². The number of likely N-dealkylation sites (N-methyl/N-ethyl adjacent to an activating group) is 1. The summed E-state index contributed by atoms with van der Waals surface area (Å²) in [7, 11) is 0. The first-order chi connectivity index (χ1) is 8.27. The summed E-state index contributed by atoms with van der Waals surface area (Å²) in [5, 5.41) is 0. The van der Waals surface area contributed by atoms with Crippen LogP contribution in [-0.4, -0.2) is 30.5 Å². The first-order valence-electron chi connectivity index (χ1n) is 5.72. The first-order valence-corrected chi connectivity index (χ1v) is 5.72. The molecule has 88 valence electrons. The molecule has 1 unspecified atom stereocenters. The molecular weight excluding hydrogens is 214 g/mol. The second-order valence-electron chi connectivity index (χ2n) is 3.96. The molecule has 3 heteroatoms. The van der Waals surface area contributed by atoms with Gasteiger partial charge in [0.05, 0.1) is 6.54 Å². The zero-order chi connectivity index (χ0) is 12.3. The minimum atomic E-state index is -0.209. The van der Waals surface area contributed by atoms with Gasteiger partial charge >= 0.3 is 0 Å². The number of carbonyl (C=O) groups is 1. The molecule has 1 aromatic carbocycles. The van der Waals surface area contributed by atoms with Crippen molar-refractivity contribution < 1.29 is 9.53 Å². The summed E-state index contributed by atoms with van der Waals surface area (Å²) in [6.07, 6.45) is 5.26. The van der Waals surface area contributed by atoms with E-state index < -0.39 is 0 Å². The molecule has 1 amide bonds. The van der Waals surface area contributed by atoms with Crippen LogP contribution in [0.3, 0.4) is 0 Å². The lowest BCUT2D eigenvalue weighted by Gasteiger charge is -2.21. The van der Waals surface area contributed by atoms with Crippen LogP contribution in [0.5, 0.6) is 5.75 Å². The van der Waals surface area contributed by atoms with Crippen molar-refractivity contribution in [1.29, 1.82) is 0 Å². The summed E-state index contributed by atoms with van der Waals surface area (Å²) >= 11 is 0. The summed E-state index contributed by atoms with van der Waals surface area (Å²) in [6, 6.07) is 7.66. The van der Waals surface area contributed by atoms with Gasteiger partial charge in [0.1, 0.15) is 18.3 Å². The zero-order valence-electron chi connectivity index (χ0n) is 9.85. The predicted octanol–water partition coefficient (Wildman–Crippen LogP) is 1.64. The second-order valence-corrected chi connectivity index (χ2v) is 3.96. The molecule has 0 aromatic heterocycles. The third kappa shape index (κ3) is 2.12. The maximum Gasteiger partial charge on any atom is 0.234 e. The maximum atomic E-state index is 12.3. The van der Waals surface area contributed by atoms with E-state index in [0.29, 0.717) is 19.7 Å². The average molecular weight is 229 g/mol. The molecule has 0 spiro atoms. The highest BCUT2D eigenvalue weighted by Gasteiger charge is 2.32. The van der Waals surface area contributed by atoms with Gasteiger partial charge in [-0.15, -0.1) is 6.42 Å². The molecule has 2 rings (SSSR count). The van der Waals surface area contributed by atoms with Crippen molar-refractivity contribution in [2.45, 2.75) is 12.8 Å². The molecule has 0 saturated heterocycles. The van der Waals surface area contributed by atoms with Gasteiger partial charge in [-0.05, 0) is 13.0 Å². The SMILES string of the molecule is C#CCN(CC)C(=O)C1COc2ccccc21. The fourth-order valence-corrected chi connectivity index (χ4v) is 2.04. The molecule has 1 atom stereocenters. The topological polar surface area (TPSA) is 29.5 Å². The normalized spacial score (nSPS) is 16.8. The van der Waals surface area contributed by atoms with Crippen LogP contribution < -0.4 is 4.74 Å². The van der Waals surface area contributed by atoms with Crippen LogP contribution in [0.2, 0.25) is 0 Å². The van der Waals surface area contributed by atoms with Gasteiger partial charge in [-0.1, -0.05) is 24.1 Å². The number of nitrogens with zero attached hydrogens (tertiary/aromatic N) is 1. The highest BCUT2D eigenvalue weighted by molar-refractivity contribution is 5.85. The Bertz CT molecular complexity index is 462. The number of amides is 1. The van der Waals surface area contributed by atoms with Crippen molar-refractivity contribution in [3.05, 3.63) is 29.8 Å². The second kappa shape index (κ2) is 4.92. The lowest BCUT2D eigenvalue weighted by atomic mass is 10.00. The van der Waals surface area contributed by atoms with Gasteiger partial charge in [-0.25, -0.2) is 0 Å². The fraction of sp³-hybridized carbons (Fsp3) is 0.357. The van der Waals surface area contributed by atoms with Gasteiger partial charge in [-0.2, -0.15) is 0 Å². The van der Waals surface area contributed by atoms with E-state index in [1.54, 1.807) is 4.90 Å². The van der Waals surface area contributed by atoms with Gasteiger partial charge in [0, 0.05) is 12.1 Å². The fourth-order valence-electron chi connectivity index (χ4n) is 2.04. The summed E-state index contributed by atoms with van der Waals surface area (Å²) in [6.45, 7) is 3.33. The van der Waals surface area contributed by atoms with Gasteiger partial charge in [0.25, 0.3) is 0 Å². The lowest BCUT2D eigenvalue weighted by Crippen LogP contribution is -2.35. The Hall–Kier alpha value is -1.95. The molecule has 0 bridgehead atoms. The van der Waals surface area contributed by atoms with Crippen LogP contribution in [0, 0.1) is 12.3 Å². The molecule has 0 radical (unpaired) electrons. The highest BCUT2D eigenvalue weighted by atomic mass is 16.5. The van der Waals surface area contributed by atoms with Crippen molar-refractivity contribution in [2.24, 2.45) is 0 Å². The molecule has 3 nitrogen and oxygen atoms in total. The Labute approximate surface area is 101 Å². The van der Waals surface area contributed by atoms with Crippen molar-refractivity contribution >= 4 is 5.91 Å². The van der Waals surface area contributed by atoms with E-state index in [2.05, 4.69) is 5.92 Å². The molecule has 1 heterocycles. The number of carbonyl (C=O) groups excluding carboxylic acids is 1. The molecule has 0 saturated carbocycles. The van der Waals surface area contributed by atoms with Crippen molar-refractivity contribution in [1.82, 2.24) is 4.90 Å². The summed E-state index contributed by atoms with van der Waals surface area (Å²) < 4.78 is 5.51. The number of rotatable bonds is 3. The van der Waals surface area contributed by atoms with Crippen LogP contribution in [0.15, 0.2) is 24.3 Å². The van der Waals surface area contributed by atoms with Crippen LogP contribution >= 0.6 is 0 Å². The van der Waals surface area contributed by atoms with Crippen LogP contribution in [0.25, 0.3) is 0 Å². The number of ether oxygens (including phenoxy) is 1. The lowest BCUT2D eigenvalue weighted by molar-refractivity contribution is -0.132. The predicted molar refractivity (Wildman–Crippen MR) is 65.8 cm³/mol. The van der Waals surface area contributed by atoms with Gasteiger partial charge in [0.15, 0.2) is 0 Å². The number of hydrogen-bond acceptors (Lipinski definition) is 2. The monoisotopic (exact) mass is 229 g/mol. The van der Waals surface area contributed by atoms with Gasteiger partial charge in [0.2, 0.25) is 5.91 Å². The number of terminal acetylenes is 1. The quantitative estimate of drug-likeness (QED) is 0.737. The molecule has 0 aliphatic carbocycles. The van der Waals surface area contributed by atoms with E-state index in [4.69, 9.17) is 11.2 Å². The average Bonchev–Trinajstić information content (AvgIpc) is 2.79. The van der Waals surface area contributed by atoms with E-state index in [9.17, 15) is 4.79 Å². The van der Waals surface area contributed by atoms with Crippen molar-refractivity contribution in [2.75, 3.05) is 19.7 Å². The van der Waals surface area contributed by atoms with Crippen molar-refractivity contribution in [3.63, 3.8) is 0 Å².